The maximum Gasteiger partial charge on any atom is 0.248 e. The number of piperidine rings is 1. The van der Waals surface area contributed by atoms with Gasteiger partial charge in [-0.15, -0.1) is 16.4 Å². The summed E-state index contributed by atoms with van der Waals surface area (Å²) in [5.74, 6) is 0.914. The van der Waals surface area contributed by atoms with E-state index in [0.717, 1.165) is 35.0 Å². The Kier molecular flexibility index (Phi) is 5.58. The number of hydrogen-bond acceptors (Lipinski definition) is 8. The van der Waals surface area contributed by atoms with E-state index in [1.807, 2.05) is 29.6 Å². The van der Waals surface area contributed by atoms with Gasteiger partial charge in [0, 0.05) is 24.4 Å². The lowest BCUT2D eigenvalue weighted by Gasteiger charge is -2.30. The van der Waals surface area contributed by atoms with Crippen molar-refractivity contribution < 1.29 is 14.6 Å². The van der Waals surface area contributed by atoms with Crippen molar-refractivity contribution in [3.63, 3.8) is 0 Å². The molecular formula is C18H20N6O3S. The Labute approximate surface area is 165 Å². The van der Waals surface area contributed by atoms with Gasteiger partial charge in [-0.1, -0.05) is 0 Å². The van der Waals surface area contributed by atoms with E-state index in [9.17, 15) is 4.79 Å². The highest BCUT2D eigenvalue weighted by Gasteiger charge is 2.25. The summed E-state index contributed by atoms with van der Waals surface area (Å²) in [6, 6.07) is 7.52. The highest BCUT2D eigenvalue weighted by Crippen LogP contribution is 2.30. The van der Waals surface area contributed by atoms with E-state index in [1.54, 1.807) is 20.9 Å². The molecular weight excluding hydrogens is 380 g/mol. The fraction of sp³-hybridized carbons (Fsp3) is 0.389. The Morgan fingerprint density at radius 2 is 2.04 bits per heavy atom. The molecule has 0 saturated carbocycles. The van der Waals surface area contributed by atoms with E-state index < -0.39 is 6.61 Å². The fourth-order valence-electron chi connectivity index (χ4n) is 3.18. The average molecular weight is 400 g/mol. The maximum absolute atomic E-state index is 11.6. The quantitative estimate of drug-likeness (QED) is 0.666. The highest BCUT2D eigenvalue weighted by atomic mass is 32.1. The lowest BCUT2D eigenvalue weighted by Crippen LogP contribution is -2.39. The van der Waals surface area contributed by atoms with E-state index in [1.165, 1.54) is 6.33 Å². The zero-order chi connectivity index (χ0) is 19.3. The van der Waals surface area contributed by atoms with Gasteiger partial charge in [0.25, 0.3) is 0 Å². The first-order valence-electron chi connectivity index (χ1n) is 9.02. The van der Waals surface area contributed by atoms with Gasteiger partial charge >= 0.3 is 0 Å². The summed E-state index contributed by atoms with van der Waals surface area (Å²) in [5.41, 5.74) is 1.76. The third kappa shape index (κ3) is 4.18. The zero-order valence-electron chi connectivity index (χ0n) is 15.1. The molecule has 1 amide bonds. The highest BCUT2D eigenvalue weighted by molar-refractivity contribution is 7.09. The second-order valence-electron chi connectivity index (χ2n) is 6.53. The molecule has 0 radical (unpaired) electrons. The summed E-state index contributed by atoms with van der Waals surface area (Å²) >= 11 is 1.64. The monoisotopic (exact) mass is 400 g/mol. The molecule has 0 atom stereocenters. The van der Waals surface area contributed by atoms with Gasteiger partial charge in [0.15, 0.2) is 0 Å². The van der Waals surface area contributed by atoms with Crippen LogP contribution in [0, 0.1) is 0 Å². The van der Waals surface area contributed by atoms with Gasteiger partial charge in [-0.2, -0.15) is 0 Å². The summed E-state index contributed by atoms with van der Waals surface area (Å²) < 4.78 is 7.41. The van der Waals surface area contributed by atoms with Gasteiger partial charge in [-0.25, -0.2) is 9.67 Å². The standard InChI is InChI=1S/C18H20N6O3S/c25-9-17(26)23-7-5-13(6-8-23)18-20-14(11-28-18)10-27-16-3-1-15(2-4-16)24-12-19-21-22-24/h1-4,11-13,25H,5-10H2. The second-order valence-corrected chi connectivity index (χ2v) is 7.42. The topological polar surface area (TPSA) is 106 Å². The first-order valence-corrected chi connectivity index (χ1v) is 9.90. The van der Waals surface area contributed by atoms with Crippen molar-refractivity contribution in [1.29, 1.82) is 0 Å². The Balaban J connectivity index is 1.30. The SMILES string of the molecule is O=C(CO)N1CCC(c2nc(COc3ccc(-n4cnnn4)cc3)cs2)CC1. The number of tetrazole rings is 1. The molecule has 2 aromatic heterocycles. The van der Waals surface area contributed by atoms with Gasteiger partial charge in [-0.3, -0.25) is 4.79 Å². The molecule has 1 aromatic carbocycles. The van der Waals surface area contributed by atoms with E-state index in [4.69, 9.17) is 14.8 Å². The minimum absolute atomic E-state index is 0.197. The Morgan fingerprint density at radius 1 is 1.25 bits per heavy atom. The minimum atomic E-state index is -0.417. The van der Waals surface area contributed by atoms with Gasteiger partial charge in [0.05, 0.1) is 16.4 Å². The molecule has 4 rings (SSSR count). The second kappa shape index (κ2) is 8.44. The van der Waals surface area contributed by atoms with Crippen molar-refractivity contribution in [2.24, 2.45) is 0 Å². The third-order valence-corrected chi connectivity index (χ3v) is 5.79. The number of amides is 1. The van der Waals surface area contributed by atoms with Crippen LogP contribution in [-0.2, 0) is 11.4 Å². The van der Waals surface area contributed by atoms with E-state index >= 15 is 0 Å². The average Bonchev–Trinajstić information content (AvgIpc) is 3.44. The largest absolute Gasteiger partial charge is 0.487 e. The Morgan fingerprint density at radius 3 is 2.71 bits per heavy atom. The fourth-order valence-corrected chi connectivity index (χ4v) is 4.16. The van der Waals surface area contributed by atoms with Crippen LogP contribution in [0.2, 0.25) is 0 Å². The molecule has 146 valence electrons. The molecule has 10 heteroatoms. The molecule has 28 heavy (non-hydrogen) atoms. The van der Waals surface area contributed by atoms with Gasteiger partial charge < -0.3 is 14.7 Å². The van der Waals surface area contributed by atoms with Crippen LogP contribution in [0.15, 0.2) is 36.0 Å². The normalized spacial score (nSPS) is 15.0. The summed E-state index contributed by atoms with van der Waals surface area (Å²) in [4.78, 5) is 18.0. The number of aliphatic hydroxyl groups excluding tert-OH is 1. The first kappa shape index (κ1) is 18.5. The number of carbonyl (C=O) groups excluding carboxylic acids is 1. The number of aromatic nitrogens is 5. The van der Waals surface area contributed by atoms with Crippen molar-refractivity contribution in [3.05, 3.63) is 46.7 Å². The molecule has 1 aliphatic heterocycles. The van der Waals surface area contributed by atoms with E-state index in [2.05, 4.69) is 15.5 Å². The van der Waals surface area contributed by atoms with Crippen molar-refractivity contribution in [3.8, 4) is 11.4 Å². The van der Waals surface area contributed by atoms with Crippen molar-refractivity contribution >= 4 is 17.2 Å². The van der Waals surface area contributed by atoms with Crippen molar-refractivity contribution in [2.45, 2.75) is 25.4 Å². The van der Waals surface area contributed by atoms with Gasteiger partial charge in [0.1, 0.15) is 25.3 Å². The molecule has 1 aliphatic rings. The van der Waals surface area contributed by atoms with E-state index in [0.29, 0.717) is 25.6 Å². The number of hydrogen-bond donors (Lipinski definition) is 1. The smallest absolute Gasteiger partial charge is 0.248 e. The minimum Gasteiger partial charge on any atom is -0.487 e. The van der Waals surface area contributed by atoms with Crippen LogP contribution in [0.3, 0.4) is 0 Å². The van der Waals surface area contributed by atoms with Crippen LogP contribution in [0.25, 0.3) is 5.69 Å². The maximum atomic E-state index is 11.6. The zero-order valence-corrected chi connectivity index (χ0v) is 16.0. The number of thiazole rings is 1. The van der Waals surface area contributed by atoms with Gasteiger partial charge in [-0.05, 0) is 47.5 Å². The Hall–Kier alpha value is -2.85. The van der Waals surface area contributed by atoms with Crippen molar-refractivity contribution in [2.75, 3.05) is 19.7 Å². The van der Waals surface area contributed by atoms with Crippen LogP contribution >= 0.6 is 11.3 Å². The van der Waals surface area contributed by atoms with E-state index in [-0.39, 0.29) is 5.91 Å². The molecule has 1 N–H and O–H groups in total. The molecule has 9 nitrogen and oxygen atoms in total. The summed E-state index contributed by atoms with van der Waals surface area (Å²) in [6.45, 7) is 1.33. The van der Waals surface area contributed by atoms with Crippen LogP contribution in [0.5, 0.6) is 5.75 Å². The summed E-state index contributed by atoms with van der Waals surface area (Å²) in [7, 11) is 0. The molecule has 0 unspecified atom stereocenters. The van der Waals surface area contributed by atoms with Gasteiger partial charge in [0.2, 0.25) is 5.91 Å². The van der Waals surface area contributed by atoms with Crippen LogP contribution in [-0.4, -0.2) is 60.8 Å². The molecule has 0 aliphatic carbocycles. The third-order valence-electron chi connectivity index (χ3n) is 4.74. The number of rotatable bonds is 6. The number of ether oxygens (including phenoxy) is 1. The van der Waals surface area contributed by atoms with Crippen molar-refractivity contribution in [1.82, 2.24) is 30.1 Å². The molecule has 0 bridgehead atoms. The predicted molar refractivity (Wildman–Crippen MR) is 101 cm³/mol. The molecule has 1 saturated heterocycles. The first-order chi connectivity index (χ1) is 13.7. The molecule has 3 aromatic rings. The predicted octanol–water partition coefficient (Wildman–Crippen LogP) is 1.40. The number of likely N-dealkylation sites (tertiary alicyclic amines) is 1. The van der Waals surface area contributed by atoms with Crippen LogP contribution in [0.1, 0.15) is 29.5 Å². The number of benzene rings is 1. The summed E-state index contributed by atoms with van der Waals surface area (Å²) in [6.07, 6.45) is 3.28. The molecule has 1 fully saturated rings. The Bertz CT molecular complexity index is 904. The number of carbonyl (C=O) groups is 1. The molecule has 3 heterocycles. The van der Waals surface area contributed by atoms with Crippen LogP contribution < -0.4 is 4.74 Å². The lowest BCUT2D eigenvalue weighted by atomic mass is 9.97. The summed E-state index contributed by atoms with van der Waals surface area (Å²) in [5, 5.41) is 23.2. The lowest BCUT2D eigenvalue weighted by molar-refractivity contribution is -0.135. The number of aliphatic hydroxyl groups is 1. The number of nitrogens with zero attached hydrogens (tertiary/aromatic N) is 6. The molecule has 0 spiro atoms. The van der Waals surface area contributed by atoms with Crippen LogP contribution in [0.4, 0.5) is 0 Å².